The Bertz CT molecular complexity index is 958. The van der Waals surface area contributed by atoms with E-state index in [-0.39, 0.29) is 30.9 Å². The molecule has 0 saturated heterocycles. The van der Waals surface area contributed by atoms with Crippen LogP contribution in [0.2, 0.25) is 0 Å². The average molecular weight is 439 g/mol. The maximum Gasteiger partial charge on any atom is 0.410 e. The van der Waals surface area contributed by atoms with Gasteiger partial charge in [0.05, 0.1) is 7.11 Å². The second kappa shape index (κ2) is 9.85. The maximum atomic E-state index is 12.9. The largest absolute Gasteiger partial charge is 0.468 e. The van der Waals surface area contributed by atoms with E-state index < -0.39 is 18.1 Å². The van der Waals surface area contributed by atoms with E-state index >= 15 is 0 Å². The van der Waals surface area contributed by atoms with Crippen LogP contribution in [0.15, 0.2) is 48.5 Å². The number of hydrogen-bond acceptors (Lipinski definition) is 5. The first-order chi connectivity index (χ1) is 15.3. The zero-order chi connectivity index (χ0) is 23.4. The third-order valence-corrected chi connectivity index (χ3v) is 5.90. The van der Waals surface area contributed by atoms with Crippen LogP contribution in [0.3, 0.4) is 0 Å². The van der Waals surface area contributed by atoms with Crippen LogP contribution in [0.5, 0.6) is 0 Å². The molecule has 1 atom stereocenters. The minimum absolute atomic E-state index is 0.0602. The summed E-state index contributed by atoms with van der Waals surface area (Å²) < 4.78 is 10.3. The van der Waals surface area contributed by atoms with Crippen molar-refractivity contribution in [3.05, 3.63) is 59.7 Å². The zero-order valence-corrected chi connectivity index (χ0v) is 19.2. The molecule has 32 heavy (non-hydrogen) atoms. The van der Waals surface area contributed by atoms with Crippen LogP contribution < -0.4 is 0 Å². The fourth-order valence-electron chi connectivity index (χ4n) is 4.27. The van der Waals surface area contributed by atoms with Gasteiger partial charge in [0.2, 0.25) is 5.91 Å². The Morgan fingerprint density at radius 2 is 1.47 bits per heavy atom. The van der Waals surface area contributed by atoms with Crippen molar-refractivity contribution in [2.75, 3.05) is 34.4 Å². The lowest BCUT2D eigenvalue weighted by molar-refractivity contribution is -0.148. The maximum absolute atomic E-state index is 12.9. The highest BCUT2D eigenvalue weighted by atomic mass is 16.6. The molecule has 1 aliphatic carbocycles. The molecule has 0 spiro atoms. The number of carbonyl (C=O) groups excluding carboxylic acids is 3. The summed E-state index contributed by atoms with van der Waals surface area (Å²) in [4.78, 5) is 40.0. The summed E-state index contributed by atoms with van der Waals surface area (Å²) >= 11 is 0. The molecule has 2 aromatic carbocycles. The van der Waals surface area contributed by atoms with Gasteiger partial charge in [0, 0.05) is 20.0 Å². The molecule has 0 aliphatic heterocycles. The highest BCUT2D eigenvalue weighted by molar-refractivity contribution is 5.88. The van der Waals surface area contributed by atoms with Crippen molar-refractivity contribution in [2.24, 2.45) is 5.92 Å². The second-order valence-electron chi connectivity index (χ2n) is 8.37. The predicted octanol–water partition coefficient (Wildman–Crippen LogP) is 3.52. The number of carbonyl (C=O) groups is 3. The first-order valence-electron chi connectivity index (χ1n) is 10.7. The van der Waals surface area contributed by atoms with Gasteiger partial charge in [-0.15, -0.1) is 0 Å². The van der Waals surface area contributed by atoms with Gasteiger partial charge in [-0.2, -0.15) is 0 Å². The molecule has 0 aromatic heterocycles. The van der Waals surface area contributed by atoms with E-state index in [4.69, 9.17) is 4.74 Å². The molecule has 2 aromatic rings. The molecule has 1 aliphatic rings. The molecule has 0 fully saturated rings. The SMILES string of the molecule is COC(=O)CN(C)C(=O)[C@H](C(C)C)N(C)C(=O)OCC1c2ccccc2-c2ccccc21. The van der Waals surface area contributed by atoms with Crippen LogP contribution in [0, 0.1) is 5.92 Å². The number of fused-ring (bicyclic) bond motifs is 3. The van der Waals surface area contributed by atoms with E-state index in [2.05, 4.69) is 29.0 Å². The summed E-state index contributed by atoms with van der Waals surface area (Å²) in [5.74, 6) is -1.10. The van der Waals surface area contributed by atoms with E-state index in [1.165, 1.54) is 24.0 Å². The lowest BCUT2D eigenvalue weighted by Crippen LogP contribution is -2.52. The predicted molar refractivity (Wildman–Crippen MR) is 121 cm³/mol. The number of rotatable bonds is 7. The number of amides is 2. The molecule has 170 valence electrons. The lowest BCUT2D eigenvalue weighted by Gasteiger charge is -2.32. The Labute approximate surface area is 188 Å². The molecule has 7 heteroatoms. The highest BCUT2D eigenvalue weighted by Gasteiger charge is 2.35. The van der Waals surface area contributed by atoms with Gasteiger partial charge in [-0.25, -0.2) is 4.79 Å². The smallest absolute Gasteiger partial charge is 0.410 e. The van der Waals surface area contributed by atoms with Crippen molar-refractivity contribution in [3.8, 4) is 11.1 Å². The molecule has 2 amide bonds. The van der Waals surface area contributed by atoms with Crippen molar-refractivity contribution < 1.29 is 23.9 Å². The van der Waals surface area contributed by atoms with Crippen LogP contribution in [-0.4, -0.2) is 68.2 Å². The number of benzene rings is 2. The second-order valence-corrected chi connectivity index (χ2v) is 8.37. The van der Waals surface area contributed by atoms with E-state index in [9.17, 15) is 14.4 Å². The Morgan fingerprint density at radius 1 is 0.938 bits per heavy atom. The quantitative estimate of drug-likeness (QED) is 0.618. The van der Waals surface area contributed by atoms with Gasteiger partial charge in [-0.1, -0.05) is 62.4 Å². The molecule has 3 rings (SSSR count). The highest BCUT2D eigenvalue weighted by Crippen LogP contribution is 2.44. The molecule has 0 heterocycles. The standard InChI is InChI=1S/C25H30N2O5/c1-16(2)23(24(29)26(3)14-22(28)31-5)27(4)25(30)32-15-21-19-12-8-6-10-17(19)18-11-7-9-13-20(18)21/h6-13,16,21,23H,14-15H2,1-5H3/t23-/m0/s1. The van der Waals surface area contributed by atoms with E-state index in [0.717, 1.165) is 22.3 Å². The fraction of sp³-hybridized carbons (Fsp3) is 0.400. The minimum Gasteiger partial charge on any atom is -0.468 e. The Hall–Kier alpha value is -3.35. The minimum atomic E-state index is -0.764. The molecule has 0 N–H and O–H groups in total. The fourth-order valence-corrected chi connectivity index (χ4v) is 4.27. The molecule has 0 radical (unpaired) electrons. The van der Waals surface area contributed by atoms with Gasteiger partial charge in [-0.05, 0) is 28.2 Å². The van der Waals surface area contributed by atoms with E-state index in [1.54, 1.807) is 7.05 Å². The van der Waals surface area contributed by atoms with Crippen LogP contribution in [0.4, 0.5) is 4.79 Å². The molecule has 0 bridgehead atoms. The number of ether oxygens (including phenoxy) is 2. The zero-order valence-electron chi connectivity index (χ0n) is 19.2. The Kier molecular flexibility index (Phi) is 7.18. The van der Waals surface area contributed by atoms with E-state index in [1.807, 2.05) is 38.1 Å². The first kappa shape index (κ1) is 23.3. The lowest BCUT2D eigenvalue weighted by atomic mass is 9.98. The number of methoxy groups -OCH3 is 1. The van der Waals surface area contributed by atoms with Crippen LogP contribution in [-0.2, 0) is 19.1 Å². The van der Waals surface area contributed by atoms with Gasteiger partial charge in [0.15, 0.2) is 0 Å². The van der Waals surface area contributed by atoms with Crippen LogP contribution in [0.25, 0.3) is 11.1 Å². The van der Waals surface area contributed by atoms with Crippen molar-refractivity contribution in [3.63, 3.8) is 0 Å². The number of hydrogen-bond donors (Lipinski definition) is 0. The van der Waals surface area contributed by atoms with Crippen LogP contribution in [0.1, 0.15) is 30.9 Å². The number of nitrogens with zero attached hydrogens (tertiary/aromatic N) is 2. The Morgan fingerprint density at radius 3 is 1.97 bits per heavy atom. The number of esters is 1. The van der Waals surface area contributed by atoms with E-state index in [0.29, 0.717) is 0 Å². The summed E-state index contributed by atoms with van der Waals surface area (Å²) in [5.41, 5.74) is 4.55. The average Bonchev–Trinajstić information content (AvgIpc) is 3.10. The van der Waals surface area contributed by atoms with Gasteiger partial charge in [0.25, 0.3) is 0 Å². The summed E-state index contributed by atoms with van der Waals surface area (Å²) in [7, 11) is 4.33. The van der Waals surface area contributed by atoms with Gasteiger partial charge in [0.1, 0.15) is 19.2 Å². The van der Waals surface area contributed by atoms with Crippen molar-refractivity contribution in [2.45, 2.75) is 25.8 Å². The van der Waals surface area contributed by atoms with Crippen LogP contribution >= 0.6 is 0 Å². The van der Waals surface area contributed by atoms with Gasteiger partial charge >= 0.3 is 12.1 Å². The third kappa shape index (κ3) is 4.61. The van der Waals surface area contributed by atoms with Crippen molar-refractivity contribution >= 4 is 18.0 Å². The van der Waals surface area contributed by atoms with Gasteiger partial charge in [-0.3, -0.25) is 14.5 Å². The molecular weight excluding hydrogens is 408 g/mol. The normalized spacial score (nSPS) is 13.2. The van der Waals surface area contributed by atoms with Crippen molar-refractivity contribution in [1.29, 1.82) is 0 Å². The van der Waals surface area contributed by atoms with Crippen molar-refractivity contribution in [1.82, 2.24) is 9.80 Å². The summed E-state index contributed by atoms with van der Waals surface area (Å²) in [6.07, 6.45) is -0.578. The summed E-state index contributed by atoms with van der Waals surface area (Å²) in [5, 5.41) is 0. The van der Waals surface area contributed by atoms with Gasteiger partial charge < -0.3 is 14.4 Å². The summed E-state index contributed by atoms with van der Waals surface area (Å²) in [6, 6.07) is 15.5. The third-order valence-electron chi connectivity index (χ3n) is 5.90. The monoisotopic (exact) mass is 438 g/mol. The number of likely N-dealkylation sites (N-methyl/N-ethyl adjacent to an activating group) is 2. The molecule has 0 saturated carbocycles. The Balaban J connectivity index is 1.72. The molecule has 7 nitrogen and oxygen atoms in total. The molecule has 0 unspecified atom stereocenters. The topological polar surface area (TPSA) is 76.2 Å². The summed E-state index contributed by atoms with van der Waals surface area (Å²) in [6.45, 7) is 3.69. The first-order valence-corrected chi connectivity index (χ1v) is 10.7. The molecular formula is C25H30N2O5.